The first kappa shape index (κ1) is 21.2. The Morgan fingerprint density at radius 2 is 1.84 bits per heavy atom. The van der Waals surface area contributed by atoms with E-state index in [0.29, 0.717) is 28.4 Å². The first-order chi connectivity index (χ1) is 15.5. The van der Waals surface area contributed by atoms with E-state index in [1.807, 2.05) is 54.6 Å². The van der Waals surface area contributed by atoms with Crippen LogP contribution in [0.1, 0.15) is 27.0 Å². The number of esters is 1. The van der Waals surface area contributed by atoms with Gasteiger partial charge in [0.05, 0.1) is 12.7 Å². The monoisotopic (exact) mass is 430 g/mol. The molecule has 0 bridgehead atoms. The van der Waals surface area contributed by atoms with Crippen LogP contribution in [-0.2, 0) is 16.1 Å². The molecule has 1 heterocycles. The summed E-state index contributed by atoms with van der Waals surface area (Å²) in [5.74, 6) is 1.10. The van der Waals surface area contributed by atoms with Gasteiger partial charge in [-0.15, -0.1) is 0 Å². The van der Waals surface area contributed by atoms with E-state index in [-0.39, 0.29) is 24.8 Å². The number of allylic oxidation sites excluding steroid dienone is 1. The summed E-state index contributed by atoms with van der Waals surface area (Å²) in [5, 5.41) is 0. The lowest BCUT2D eigenvalue weighted by atomic mass is 10.1. The molecular formula is C26H22O6. The number of carbonyl (C=O) groups is 2. The number of fused-ring (bicyclic) bond motifs is 1. The van der Waals surface area contributed by atoms with E-state index in [4.69, 9.17) is 18.9 Å². The predicted molar refractivity (Wildman–Crippen MR) is 119 cm³/mol. The van der Waals surface area contributed by atoms with Gasteiger partial charge >= 0.3 is 5.97 Å². The van der Waals surface area contributed by atoms with E-state index in [1.54, 1.807) is 32.2 Å². The van der Waals surface area contributed by atoms with Crippen LogP contribution in [0.15, 0.2) is 72.5 Å². The van der Waals surface area contributed by atoms with Gasteiger partial charge in [0.25, 0.3) is 0 Å². The van der Waals surface area contributed by atoms with Gasteiger partial charge in [0.2, 0.25) is 5.78 Å². The normalized spacial score (nSPS) is 13.4. The fourth-order valence-corrected chi connectivity index (χ4v) is 3.32. The summed E-state index contributed by atoms with van der Waals surface area (Å²) < 4.78 is 21.9. The van der Waals surface area contributed by atoms with Crippen LogP contribution >= 0.6 is 0 Å². The molecule has 32 heavy (non-hydrogen) atoms. The number of rotatable bonds is 7. The molecule has 0 saturated carbocycles. The fourth-order valence-electron chi connectivity index (χ4n) is 3.32. The zero-order valence-corrected chi connectivity index (χ0v) is 17.8. The minimum absolute atomic E-state index is 0.183. The number of benzene rings is 3. The highest BCUT2D eigenvalue weighted by Gasteiger charge is 2.30. The lowest BCUT2D eigenvalue weighted by molar-refractivity contribution is -0.147. The Morgan fingerprint density at radius 3 is 2.62 bits per heavy atom. The second kappa shape index (κ2) is 9.39. The highest BCUT2D eigenvalue weighted by Crippen LogP contribution is 2.39. The summed E-state index contributed by atoms with van der Waals surface area (Å²) in [6.07, 6.45) is 1.67. The molecule has 3 aromatic rings. The smallest absolute Gasteiger partial charge is 0.344 e. The second-order valence-electron chi connectivity index (χ2n) is 7.22. The molecule has 6 heteroatoms. The van der Waals surface area contributed by atoms with Crippen molar-refractivity contribution in [2.75, 3.05) is 13.7 Å². The predicted octanol–water partition coefficient (Wildman–Crippen LogP) is 4.74. The number of hydrogen-bond donors (Lipinski definition) is 0. The van der Waals surface area contributed by atoms with Gasteiger partial charge in [-0.3, -0.25) is 4.79 Å². The summed E-state index contributed by atoms with van der Waals surface area (Å²) in [5.41, 5.74) is 2.78. The maximum Gasteiger partial charge on any atom is 0.344 e. The minimum Gasteiger partial charge on any atom is -0.497 e. The molecule has 0 aliphatic carbocycles. The molecule has 0 fully saturated rings. The Labute approximate surface area is 186 Å². The van der Waals surface area contributed by atoms with Gasteiger partial charge < -0.3 is 18.9 Å². The Balaban J connectivity index is 1.43. The van der Waals surface area contributed by atoms with Gasteiger partial charge in [-0.25, -0.2) is 4.79 Å². The van der Waals surface area contributed by atoms with Gasteiger partial charge in [0, 0.05) is 5.56 Å². The van der Waals surface area contributed by atoms with Crippen molar-refractivity contribution in [2.45, 2.75) is 13.5 Å². The molecule has 0 amide bonds. The molecule has 0 N–H and O–H groups in total. The van der Waals surface area contributed by atoms with Crippen LogP contribution < -0.4 is 14.2 Å². The number of hydrogen-bond acceptors (Lipinski definition) is 6. The molecule has 0 atom stereocenters. The van der Waals surface area contributed by atoms with Crippen LogP contribution in [0.25, 0.3) is 6.08 Å². The van der Waals surface area contributed by atoms with Crippen molar-refractivity contribution in [3.05, 3.63) is 94.7 Å². The summed E-state index contributed by atoms with van der Waals surface area (Å²) in [6.45, 7) is 1.72. The van der Waals surface area contributed by atoms with Crippen molar-refractivity contribution in [2.24, 2.45) is 0 Å². The third-order valence-corrected chi connectivity index (χ3v) is 5.02. The Morgan fingerprint density at radius 1 is 1.03 bits per heavy atom. The minimum atomic E-state index is -0.482. The van der Waals surface area contributed by atoms with E-state index in [9.17, 15) is 9.59 Å². The van der Waals surface area contributed by atoms with E-state index in [1.165, 1.54) is 0 Å². The van der Waals surface area contributed by atoms with Gasteiger partial charge in [-0.1, -0.05) is 42.5 Å². The maximum absolute atomic E-state index is 12.8. The van der Waals surface area contributed by atoms with Crippen molar-refractivity contribution in [1.29, 1.82) is 0 Å². The highest BCUT2D eigenvalue weighted by atomic mass is 16.6. The molecule has 1 aliphatic heterocycles. The van der Waals surface area contributed by atoms with Gasteiger partial charge in [0.1, 0.15) is 23.9 Å². The second-order valence-corrected chi connectivity index (χ2v) is 7.22. The zero-order valence-electron chi connectivity index (χ0n) is 17.8. The summed E-state index contributed by atoms with van der Waals surface area (Å²) in [4.78, 5) is 24.8. The van der Waals surface area contributed by atoms with E-state index >= 15 is 0 Å². The number of carbonyl (C=O) groups excluding carboxylic acids is 2. The largest absolute Gasteiger partial charge is 0.497 e. The molecule has 1 aliphatic rings. The molecule has 6 nitrogen and oxygen atoms in total. The Bertz CT molecular complexity index is 1180. The lowest BCUT2D eigenvalue weighted by Gasteiger charge is -2.11. The third kappa shape index (κ3) is 4.64. The molecule has 0 radical (unpaired) electrons. The molecule has 0 aromatic heterocycles. The topological polar surface area (TPSA) is 71.1 Å². The standard InChI is InChI=1S/C26H22O6/c1-17-22(30-16-24(27)31-15-18-7-4-3-5-8-18)12-11-21-25(28)23(32-26(17)21)14-19-9-6-10-20(13-19)29-2/h3-14H,15-16H2,1-2H3/b23-14-. The van der Waals surface area contributed by atoms with Gasteiger partial charge in [-0.05, 0) is 48.4 Å². The summed E-state index contributed by atoms with van der Waals surface area (Å²) in [7, 11) is 1.58. The lowest BCUT2D eigenvalue weighted by Crippen LogP contribution is -2.15. The van der Waals surface area contributed by atoms with Crippen molar-refractivity contribution in [1.82, 2.24) is 0 Å². The number of ether oxygens (including phenoxy) is 4. The van der Waals surface area contributed by atoms with Crippen molar-refractivity contribution in [3.8, 4) is 17.2 Å². The third-order valence-electron chi connectivity index (χ3n) is 5.02. The number of methoxy groups -OCH3 is 1. The van der Waals surface area contributed by atoms with Crippen LogP contribution in [0.3, 0.4) is 0 Å². The van der Waals surface area contributed by atoms with Crippen LogP contribution in [0.5, 0.6) is 17.2 Å². The number of ketones is 1. The Kier molecular flexibility index (Phi) is 6.22. The summed E-state index contributed by atoms with van der Waals surface area (Å²) in [6, 6.07) is 20.1. The zero-order chi connectivity index (χ0) is 22.5. The Hall–Kier alpha value is -4.06. The first-order valence-electron chi connectivity index (χ1n) is 10.1. The van der Waals surface area contributed by atoms with E-state index in [2.05, 4.69) is 0 Å². The van der Waals surface area contributed by atoms with Crippen molar-refractivity contribution < 1.29 is 28.5 Å². The fraction of sp³-hybridized carbons (Fsp3) is 0.154. The molecule has 0 spiro atoms. The van der Waals surface area contributed by atoms with E-state index in [0.717, 1.165) is 11.1 Å². The molecule has 3 aromatic carbocycles. The van der Waals surface area contributed by atoms with Crippen molar-refractivity contribution in [3.63, 3.8) is 0 Å². The number of Topliss-reactive ketones (excluding diaryl/α,β-unsaturated/α-hetero) is 1. The molecule has 162 valence electrons. The first-order valence-corrected chi connectivity index (χ1v) is 10.1. The molecule has 4 rings (SSSR count). The maximum atomic E-state index is 12.8. The molecular weight excluding hydrogens is 408 g/mol. The van der Waals surface area contributed by atoms with Crippen LogP contribution in [-0.4, -0.2) is 25.5 Å². The molecule has 0 saturated heterocycles. The van der Waals surface area contributed by atoms with Crippen LogP contribution in [0.2, 0.25) is 0 Å². The SMILES string of the molecule is COc1cccc(/C=C2\Oc3c(ccc(OCC(=O)OCc4ccccc4)c3C)C2=O)c1. The van der Waals surface area contributed by atoms with Crippen LogP contribution in [0.4, 0.5) is 0 Å². The van der Waals surface area contributed by atoms with Gasteiger partial charge in [-0.2, -0.15) is 0 Å². The summed E-state index contributed by atoms with van der Waals surface area (Å²) >= 11 is 0. The van der Waals surface area contributed by atoms with Gasteiger partial charge in [0.15, 0.2) is 12.4 Å². The van der Waals surface area contributed by atoms with Crippen LogP contribution in [0, 0.1) is 6.92 Å². The average molecular weight is 430 g/mol. The highest BCUT2D eigenvalue weighted by molar-refractivity contribution is 6.15. The van der Waals surface area contributed by atoms with Crippen molar-refractivity contribution >= 4 is 17.8 Å². The quantitative estimate of drug-likeness (QED) is 0.398. The average Bonchev–Trinajstić information content (AvgIpc) is 3.14. The molecule has 0 unspecified atom stereocenters. The van der Waals surface area contributed by atoms with E-state index < -0.39 is 5.97 Å².